The summed E-state index contributed by atoms with van der Waals surface area (Å²) in [6.07, 6.45) is 5.06. The van der Waals surface area contributed by atoms with Crippen molar-refractivity contribution in [3.05, 3.63) is 56.5 Å². The van der Waals surface area contributed by atoms with Crippen molar-refractivity contribution in [3.8, 4) is 23.8 Å². The van der Waals surface area contributed by atoms with E-state index in [1.165, 1.54) is 6.07 Å². The Kier molecular flexibility index (Phi) is 4.50. The van der Waals surface area contributed by atoms with Gasteiger partial charge in [0.05, 0.1) is 4.92 Å². The van der Waals surface area contributed by atoms with Crippen molar-refractivity contribution in [1.29, 1.82) is 0 Å². The number of oxazole rings is 1. The Bertz CT molecular complexity index is 1020. The van der Waals surface area contributed by atoms with Gasteiger partial charge in [-0.3, -0.25) is 10.1 Å². The molecule has 0 unspecified atom stereocenters. The minimum Gasteiger partial charge on any atom is -0.449 e. The molecular formula is C17H9BrN2O5. The number of nitrogens with zero attached hydrogens (tertiary/aromatic N) is 2. The third-order valence-corrected chi connectivity index (χ3v) is 3.81. The molecule has 0 saturated heterocycles. The van der Waals surface area contributed by atoms with Crippen LogP contribution in [0.25, 0.3) is 22.6 Å². The zero-order valence-electron chi connectivity index (χ0n) is 12.6. The maximum Gasteiger partial charge on any atom is 0.343 e. The molecule has 1 heterocycles. The Morgan fingerprint density at radius 3 is 2.72 bits per heavy atom. The predicted octanol–water partition coefficient (Wildman–Crippen LogP) is 3.96. The minimum atomic E-state index is -0.815. The molecule has 25 heavy (non-hydrogen) atoms. The number of benzene rings is 2. The van der Waals surface area contributed by atoms with Gasteiger partial charge in [0.2, 0.25) is 5.89 Å². The van der Waals surface area contributed by atoms with Gasteiger partial charge in [0.25, 0.3) is 5.69 Å². The first kappa shape index (κ1) is 16.7. The fourth-order valence-electron chi connectivity index (χ4n) is 2.18. The van der Waals surface area contributed by atoms with E-state index in [1.54, 1.807) is 24.3 Å². The molecule has 0 fully saturated rings. The molecule has 1 aromatic heterocycles. The summed E-state index contributed by atoms with van der Waals surface area (Å²) in [5, 5.41) is 11.1. The van der Waals surface area contributed by atoms with Crippen LogP contribution < -0.4 is 0 Å². The van der Waals surface area contributed by atoms with Crippen LogP contribution in [0.2, 0.25) is 0 Å². The van der Waals surface area contributed by atoms with Crippen LogP contribution in [0.1, 0.15) is 10.4 Å². The Morgan fingerprint density at radius 1 is 1.36 bits per heavy atom. The Balaban J connectivity index is 2.16. The van der Waals surface area contributed by atoms with E-state index in [0.717, 1.165) is 10.5 Å². The smallest absolute Gasteiger partial charge is 0.343 e. The molecule has 0 bridgehead atoms. The number of hydrogen-bond acceptors (Lipinski definition) is 6. The number of non-ortho nitro benzene ring substituents is 1. The molecule has 0 radical (unpaired) electrons. The van der Waals surface area contributed by atoms with Gasteiger partial charge in [-0.15, -0.1) is 6.42 Å². The lowest BCUT2D eigenvalue weighted by Gasteiger charge is -2.01. The van der Waals surface area contributed by atoms with Crippen molar-refractivity contribution in [2.45, 2.75) is 0 Å². The molecule has 7 nitrogen and oxygen atoms in total. The molecule has 0 amide bonds. The number of ether oxygens (including phenoxy) is 1. The molecule has 0 aliphatic rings. The number of nitro benzene ring substituents is 1. The number of rotatable bonds is 4. The average molecular weight is 401 g/mol. The molecule has 0 aliphatic heterocycles. The van der Waals surface area contributed by atoms with Crippen LogP contribution in [0.3, 0.4) is 0 Å². The lowest BCUT2D eigenvalue weighted by Crippen LogP contribution is -2.06. The van der Waals surface area contributed by atoms with Crippen molar-refractivity contribution in [2.75, 3.05) is 6.61 Å². The van der Waals surface area contributed by atoms with Crippen LogP contribution in [0.5, 0.6) is 0 Å². The lowest BCUT2D eigenvalue weighted by molar-refractivity contribution is -0.384. The van der Waals surface area contributed by atoms with Gasteiger partial charge in [-0.25, -0.2) is 9.78 Å². The third-order valence-electron chi connectivity index (χ3n) is 3.28. The van der Waals surface area contributed by atoms with Crippen molar-refractivity contribution >= 4 is 38.7 Å². The number of aromatic nitrogens is 1. The molecule has 3 rings (SSSR count). The highest BCUT2D eigenvalue weighted by Gasteiger charge is 2.23. The molecule has 0 saturated carbocycles. The summed E-state index contributed by atoms with van der Waals surface area (Å²) < 4.78 is 11.4. The first-order chi connectivity index (χ1) is 12.0. The third kappa shape index (κ3) is 3.36. The summed E-state index contributed by atoms with van der Waals surface area (Å²) in [5.41, 5.74) is 0.543. The minimum absolute atomic E-state index is 0.102. The van der Waals surface area contributed by atoms with E-state index in [-0.39, 0.29) is 34.8 Å². The maximum absolute atomic E-state index is 12.1. The van der Waals surface area contributed by atoms with Gasteiger partial charge in [0, 0.05) is 22.2 Å². The predicted molar refractivity (Wildman–Crippen MR) is 92.9 cm³/mol. The Hall–Kier alpha value is -3.18. The Labute approximate surface area is 149 Å². The normalized spacial score (nSPS) is 10.4. The summed E-state index contributed by atoms with van der Waals surface area (Å²) in [4.78, 5) is 26.9. The van der Waals surface area contributed by atoms with Crippen LogP contribution in [0.4, 0.5) is 5.69 Å². The van der Waals surface area contributed by atoms with Gasteiger partial charge in [-0.1, -0.05) is 21.9 Å². The molecule has 0 N–H and O–H groups in total. The first-order valence-corrected chi connectivity index (χ1v) is 7.74. The van der Waals surface area contributed by atoms with E-state index in [2.05, 4.69) is 26.8 Å². The van der Waals surface area contributed by atoms with E-state index in [9.17, 15) is 14.9 Å². The van der Waals surface area contributed by atoms with Crippen molar-refractivity contribution in [2.24, 2.45) is 0 Å². The zero-order valence-corrected chi connectivity index (χ0v) is 14.1. The van der Waals surface area contributed by atoms with Crippen LogP contribution >= 0.6 is 15.9 Å². The largest absolute Gasteiger partial charge is 0.449 e. The second-order valence-electron chi connectivity index (χ2n) is 4.90. The molecule has 3 aromatic rings. The molecule has 0 spiro atoms. The van der Waals surface area contributed by atoms with E-state index in [0.29, 0.717) is 5.56 Å². The van der Waals surface area contributed by atoms with Crippen LogP contribution in [-0.4, -0.2) is 22.5 Å². The van der Waals surface area contributed by atoms with Gasteiger partial charge in [0.15, 0.2) is 12.2 Å². The number of nitro groups is 1. The number of fused-ring (bicyclic) bond motifs is 1. The highest BCUT2D eigenvalue weighted by atomic mass is 79.9. The topological polar surface area (TPSA) is 95.5 Å². The average Bonchev–Trinajstić information content (AvgIpc) is 3.03. The van der Waals surface area contributed by atoms with Gasteiger partial charge in [-0.05, 0) is 24.3 Å². The number of carbonyl (C=O) groups excluding carboxylic acids is 1. The highest BCUT2D eigenvalue weighted by Crippen LogP contribution is 2.31. The van der Waals surface area contributed by atoms with E-state index >= 15 is 0 Å². The van der Waals surface area contributed by atoms with Gasteiger partial charge >= 0.3 is 5.97 Å². The molecule has 0 atom stereocenters. The van der Waals surface area contributed by atoms with Crippen molar-refractivity contribution < 1.29 is 18.9 Å². The summed E-state index contributed by atoms with van der Waals surface area (Å²) in [7, 11) is 0. The van der Waals surface area contributed by atoms with E-state index in [4.69, 9.17) is 15.6 Å². The van der Waals surface area contributed by atoms with E-state index in [1.807, 2.05) is 0 Å². The fourth-order valence-corrected chi connectivity index (χ4v) is 2.44. The standard InChI is InChI=1S/C17H9BrN2O5/c1-2-7-24-17(21)13-8-12(20(22)23)9-14-15(13)25-16(19-14)10-3-5-11(18)6-4-10/h1,3-6,8-9H,7H2. The highest BCUT2D eigenvalue weighted by molar-refractivity contribution is 9.10. The maximum atomic E-state index is 12.1. The van der Waals surface area contributed by atoms with Crippen molar-refractivity contribution in [3.63, 3.8) is 0 Å². The number of hydrogen-bond donors (Lipinski definition) is 0. The van der Waals surface area contributed by atoms with E-state index < -0.39 is 10.9 Å². The fraction of sp³-hybridized carbons (Fsp3) is 0.0588. The first-order valence-electron chi connectivity index (χ1n) is 6.95. The number of halogens is 1. The zero-order chi connectivity index (χ0) is 18.0. The number of terminal acetylenes is 1. The molecular weight excluding hydrogens is 392 g/mol. The van der Waals surface area contributed by atoms with Gasteiger partial charge in [-0.2, -0.15) is 0 Å². The second kappa shape index (κ2) is 6.75. The SMILES string of the molecule is C#CCOC(=O)c1cc([N+](=O)[O-])cc2nc(-c3ccc(Br)cc3)oc12. The van der Waals surface area contributed by atoms with Crippen LogP contribution in [-0.2, 0) is 4.74 Å². The molecule has 0 aliphatic carbocycles. The van der Waals surface area contributed by atoms with Crippen LogP contribution in [0, 0.1) is 22.5 Å². The monoisotopic (exact) mass is 400 g/mol. The quantitative estimate of drug-likeness (QED) is 0.284. The number of esters is 1. The van der Waals surface area contributed by atoms with Crippen LogP contribution in [0.15, 0.2) is 45.3 Å². The summed E-state index contributed by atoms with van der Waals surface area (Å²) in [6.45, 7) is -0.253. The second-order valence-corrected chi connectivity index (χ2v) is 5.82. The molecule has 124 valence electrons. The summed E-state index contributed by atoms with van der Waals surface area (Å²) in [6, 6.07) is 9.44. The van der Waals surface area contributed by atoms with Gasteiger partial charge < -0.3 is 9.15 Å². The number of carbonyl (C=O) groups is 1. The Morgan fingerprint density at radius 2 is 2.08 bits per heavy atom. The van der Waals surface area contributed by atoms with Crippen molar-refractivity contribution in [1.82, 2.24) is 4.98 Å². The summed E-state index contributed by atoms with van der Waals surface area (Å²) in [5.74, 6) is 1.58. The van der Waals surface area contributed by atoms with Gasteiger partial charge in [0.1, 0.15) is 11.1 Å². The molecule has 8 heteroatoms. The summed E-state index contributed by atoms with van der Waals surface area (Å²) >= 11 is 3.33. The lowest BCUT2D eigenvalue weighted by atomic mass is 10.1. The molecule has 2 aromatic carbocycles.